The molecule has 4 heteroatoms. The largest absolute Gasteiger partial charge is 0.619 e. The number of hydrogen-bond donors (Lipinski definition) is 1. The Morgan fingerprint density at radius 3 is 3.00 bits per heavy atom. The molecule has 0 fully saturated rings. The minimum atomic E-state index is -0.934. The lowest BCUT2D eigenvalue weighted by molar-refractivity contribution is -0.605. The van der Waals surface area contributed by atoms with Crippen molar-refractivity contribution in [2.75, 3.05) is 0 Å². The van der Waals surface area contributed by atoms with Gasteiger partial charge in [-0.1, -0.05) is 0 Å². The van der Waals surface area contributed by atoms with Gasteiger partial charge in [-0.2, -0.15) is 4.73 Å². The molecule has 1 aromatic heterocycles. The van der Waals surface area contributed by atoms with Crippen LogP contribution in [0.2, 0.25) is 0 Å². The highest BCUT2D eigenvalue weighted by atomic mass is 16.5. The molecule has 0 atom stereocenters. The smallest absolute Gasteiger partial charge is 0.308 e. The fourth-order valence-electron chi connectivity index (χ4n) is 0.780. The summed E-state index contributed by atoms with van der Waals surface area (Å²) in [6, 6.07) is 3.12. The van der Waals surface area contributed by atoms with Crippen LogP contribution in [0.4, 0.5) is 0 Å². The Hall–Kier alpha value is -1.58. The van der Waals surface area contributed by atoms with Gasteiger partial charge >= 0.3 is 5.97 Å². The number of aliphatic carboxylic acids is 1. The fraction of sp³-hybridized carbons (Fsp3) is 0.143. The lowest BCUT2D eigenvalue weighted by atomic mass is 10.2. The van der Waals surface area contributed by atoms with E-state index in [0.29, 0.717) is 10.3 Å². The van der Waals surface area contributed by atoms with E-state index < -0.39 is 5.97 Å². The van der Waals surface area contributed by atoms with Crippen LogP contribution >= 0.6 is 0 Å². The first-order valence-electron chi connectivity index (χ1n) is 3.08. The monoisotopic (exact) mass is 153 g/mol. The summed E-state index contributed by atoms with van der Waals surface area (Å²) in [6.07, 6.45) is 2.45. The number of pyridine rings is 1. The van der Waals surface area contributed by atoms with Gasteiger partial charge in [0.2, 0.25) is 0 Å². The molecule has 0 radical (unpaired) electrons. The van der Waals surface area contributed by atoms with Crippen molar-refractivity contribution in [1.82, 2.24) is 0 Å². The highest BCUT2D eigenvalue weighted by Crippen LogP contribution is 1.94. The molecule has 0 bridgehead atoms. The van der Waals surface area contributed by atoms with Crippen LogP contribution in [-0.4, -0.2) is 11.1 Å². The molecule has 0 aliphatic rings. The zero-order valence-electron chi connectivity index (χ0n) is 5.73. The Morgan fingerprint density at radius 1 is 1.73 bits per heavy atom. The zero-order chi connectivity index (χ0) is 8.27. The predicted octanol–water partition coefficient (Wildman–Crippen LogP) is -0.0529. The molecule has 0 aliphatic carbocycles. The first-order chi connectivity index (χ1) is 5.18. The maximum Gasteiger partial charge on any atom is 0.308 e. The van der Waals surface area contributed by atoms with Crippen LogP contribution in [-0.2, 0) is 11.2 Å². The van der Waals surface area contributed by atoms with E-state index >= 15 is 0 Å². The molecule has 11 heavy (non-hydrogen) atoms. The molecule has 1 aromatic rings. The fourth-order valence-corrected chi connectivity index (χ4v) is 0.780. The molecular formula is C7H7NO3. The number of carbonyl (C=O) groups is 1. The summed E-state index contributed by atoms with van der Waals surface area (Å²) >= 11 is 0. The molecule has 1 N–H and O–H groups in total. The topological polar surface area (TPSA) is 64.2 Å². The maximum atomic E-state index is 10.6. The second kappa shape index (κ2) is 3.01. The summed E-state index contributed by atoms with van der Waals surface area (Å²) < 4.78 is 0.582. The highest BCUT2D eigenvalue weighted by molar-refractivity contribution is 5.69. The van der Waals surface area contributed by atoms with Crippen molar-refractivity contribution in [2.24, 2.45) is 0 Å². The van der Waals surface area contributed by atoms with Crippen molar-refractivity contribution in [3.8, 4) is 0 Å². The van der Waals surface area contributed by atoms with Gasteiger partial charge in [-0.25, -0.2) is 0 Å². The van der Waals surface area contributed by atoms with Gasteiger partial charge in [0.15, 0.2) is 12.4 Å². The van der Waals surface area contributed by atoms with Gasteiger partial charge in [0.1, 0.15) is 0 Å². The second-order valence-electron chi connectivity index (χ2n) is 2.14. The maximum absolute atomic E-state index is 10.6. The van der Waals surface area contributed by atoms with Crippen LogP contribution in [0.25, 0.3) is 0 Å². The van der Waals surface area contributed by atoms with Gasteiger partial charge < -0.3 is 10.3 Å². The third kappa shape index (κ3) is 2.25. The summed E-state index contributed by atoms with van der Waals surface area (Å²) in [4.78, 5) is 10.2. The minimum Gasteiger partial charge on any atom is -0.619 e. The van der Waals surface area contributed by atoms with Gasteiger partial charge in [0.05, 0.1) is 6.42 Å². The summed E-state index contributed by atoms with van der Waals surface area (Å²) in [5.41, 5.74) is 0.509. The Labute approximate surface area is 63.3 Å². The Balaban J connectivity index is 2.79. The molecule has 0 aromatic carbocycles. The second-order valence-corrected chi connectivity index (χ2v) is 2.14. The zero-order valence-corrected chi connectivity index (χ0v) is 5.73. The number of carboxylic acids is 1. The molecule has 0 spiro atoms. The average molecular weight is 153 g/mol. The van der Waals surface area contributed by atoms with Gasteiger partial charge in [-0.05, 0) is 6.07 Å². The first-order valence-corrected chi connectivity index (χ1v) is 3.08. The number of carboxylic acid groups (broad SMARTS) is 1. The summed E-state index contributed by atoms with van der Waals surface area (Å²) in [7, 11) is 0. The third-order valence-corrected chi connectivity index (χ3v) is 1.19. The quantitative estimate of drug-likeness (QED) is 0.478. The molecular weight excluding hydrogens is 146 g/mol. The highest BCUT2D eigenvalue weighted by Gasteiger charge is 2.01. The average Bonchev–Trinajstić information content (AvgIpc) is 1.85. The third-order valence-electron chi connectivity index (χ3n) is 1.19. The van der Waals surface area contributed by atoms with Crippen LogP contribution in [0, 0.1) is 5.21 Å². The molecule has 58 valence electrons. The van der Waals surface area contributed by atoms with E-state index in [4.69, 9.17) is 5.11 Å². The van der Waals surface area contributed by atoms with Crippen molar-refractivity contribution in [3.05, 3.63) is 35.3 Å². The van der Waals surface area contributed by atoms with E-state index in [2.05, 4.69) is 0 Å². The van der Waals surface area contributed by atoms with Crippen molar-refractivity contribution in [3.63, 3.8) is 0 Å². The summed E-state index contributed by atoms with van der Waals surface area (Å²) in [5, 5.41) is 18.9. The van der Waals surface area contributed by atoms with E-state index in [9.17, 15) is 10.0 Å². The Kier molecular flexibility index (Phi) is 2.06. The SMILES string of the molecule is O=C(O)Cc1ccc[n+]([O-])c1. The molecule has 0 aliphatic heterocycles. The number of aromatic nitrogens is 1. The van der Waals surface area contributed by atoms with Crippen LogP contribution in [0.5, 0.6) is 0 Å². The van der Waals surface area contributed by atoms with Crippen molar-refractivity contribution < 1.29 is 14.6 Å². The molecule has 4 nitrogen and oxygen atoms in total. The van der Waals surface area contributed by atoms with Gasteiger partial charge in [0.25, 0.3) is 0 Å². The Bertz CT molecular complexity index is 272. The normalized spacial score (nSPS) is 9.45. The van der Waals surface area contributed by atoms with Crippen LogP contribution in [0.15, 0.2) is 24.5 Å². The van der Waals surface area contributed by atoms with E-state index in [1.165, 1.54) is 18.5 Å². The lowest BCUT2D eigenvalue weighted by Gasteiger charge is -1.96. The van der Waals surface area contributed by atoms with Crippen molar-refractivity contribution in [2.45, 2.75) is 6.42 Å². The molecule has 0 unspecified atom stereocenters. The van der Waals surface area contributed by atoms with Crippen LogP contribution in [0.3, 0.4) is 0 Å². The Morgan fingerprint density at radius 2 is 2.45 bits per heavy atom. The van der Waals surface area contributed by atoms with E-state index in [0.717, 1.165) is 0 Å². The lowest BCUT2D eigenvalue weighted by Crippen LogP contribution is -2.25. The standard InChI is InChI=1S/C7H7NO3/c9-7(10)4-6-2-1-3-8(11)5-6/h1-3,5H,4H2,(H,9,10). The molecule has 1 rings (SSSR count). The molecule has 1 heterocycles. The number of rotatable bonds is 2. The summed E-state index contributed by atoms with van der Waals surface area (Å²) in [5.74, 6) is -0.934. The predicted molar refractivity (Wildman–Crippen MR) is 36.7 cm³/mol. The van der Waals surface area contributed by atoms with Crippen LogP contribution in [0.1, 0.15) is 5.56 Å². The van der Waals surface area contributed by atoms with Gasteiger partial charge in [-0.15, -0.1) is 0 Å². The minimum absolute atomic E-state index is 0.108. The van der Waals surface area contributed by atoms with E-state index in [-0.39, 0.29) is 6.42 Å². The summed E-state index contributed by atoms with van der Waals surface area (Å²) in [6.45, 7) is 0. The van der Waals surface area contributed by atoms with E-state index in [1.807, 2.05) is 0 Å². The van der Waals surface area contributed by atoms with Crippen molar-refractivity contribution in [1.29, 1.82) is 0 Å². The molecule has 0 saturated carbocycles. The van der Waals surface area contributed by atoms with Gasteiger partial charge in [-0.3, -0.25) is 4.79 Å². The van der Waals surface area contributed by atoms with E-state index in [1.54, 1.807) is 6.07 Å². The van der Waals surface area contributed by atoms with Gasteiger partial charge in [0, 0.05) is 11.6 Å². The first kappa shape index (κ1) is 7.53. The number of nitrogens with zero attached hydrogens (tertiary/aromatic N) is 1. The van der Waals surface area contributed by atoms with Crippen LogP contribution < -0.4 is 4.73 Å². The molecule has 0 saturated heterocycles. The number of hydrogen-bond acceptors (Lipinski definition) is 2. The van der Waals surface area contributed by atoms with Crippen molar-refractivity contribution >= 4 is 5.97 Å². The molecule has 0 amide bonds.